The van der Waals surface area contributed by atoms with Gasteiger partial charge in [-0.1, -0.05) is 13.8 Å². The van der Waals surface area contributed by atoms with E-state index in [1.54, 1.807) is 13.8 Å². The first kappa shape index (κ1) is 19.2. The molecule has 5 nitrogen and oxygen atoms in total. The van der Waals surface area contributed by atoms with Gasteiger partial charge in [-0.2, -0.15) is 4.31 Å². The quantitative estimate of drug-likeness (QED) is 0.727. The van der Waals surface area contributed by atoms with Crippen molar-refractivity contribution in [1.82, 2.24) is 4.31 Å². The molecule has 0 N–H and O–H groups in total. The minimum Gasteiger partial charge on any atom is -0.229 e. The molecule has 1 aliphatic heterocycles. The highest BCUT2D eigenvalue weighted by molar-refractivity contribution is 7.92. The Balaban J connectivity index is 2.51. The van der Waals surface area contributed by atoms with Crippen molar-refractivity contribution in [3.05, 3.63) is 29.6 Å². The highest BCUT2D eigenvalue weighted by Gasteiger charge is 2.40. The Labute approximate surface area is 139 Å². The summed E-state index contributed by atoms with van der Waals surface area (Å²) < 4.78 is 90.1. The Bertz CT molecular complexity index is 838. The van der Waals surface area contributed by atoms with Crippen molar-refractivity contribution in [2.75, 3.05) is 18.1 Å². The SMILES string of the molecule is CC(C)CN([C@@H]1CCS(=O)(=O)C1)S(=O)(=O)c1ccc(F)c(F)c1F. The number of rotatable bonds is 5. The zero-order chi connectivity index (χ0) is 18.3. The topological polar surface area (TPSA) is 71.5 Å². The zero-order valence-corrected chi connectivity index (χ0v) is 14.8. The number of benzene rings is 1. The zero-order valence-electron chi connectivity index (χ0n) is 13.2. The van der Waals surface area contributed by atoms with E-state index >= 15 is 0 Å². The molecule has 0 bridgehead atoms. The second kappa shape index (κ2) is 6.64. The molecule has 2 rings (SSSR count). The lowest BCUT2D eigenvalue weighted by atomic mass is 10.2. The summed E-state index contributed by atoms with van der Waals surface area (Å²) in [6.07, 6.45) is 0.0829. The van der Waals surface area contributed by atoms with Crippen LogP contribution >= 0.6 is 0 Å². The number of hydrogen-bond donors (Lipinski definition) is 0. The lowest BCUT2D eigenvalue weighted by molar-refractivity contribution is 0.305. The van der Waals surface area contributed by atoms with Gasteiger partial charge in [0.05, 0.1) is 11.5 Å². The number of hydrogen-bond acceptors (Lipinski definition) is 4. The fourth-order valence-corrected chi connectivity index (χ4v) is 6.34. The van der Waals surface area contributed by atoms with Crippen LogP contribution in [0, 0.1) is 23.4 Å². The third kappa shape index (κ3) is 3.75. The van der Waals surface area contributed by atoms with Crippen LogP contribution in [0.2, 0.25) is 0 Å². The normalized spacial score (nSPS) is 20.9. The van der Waals surface area contributed by atoms with E-state index in [2.05, 4.69) is 0 Å². The minimum atomic E-state index is -4.51. The first-order valence-electron chi connectivity index (χ1n) is 7.31. The summed E-state index contributed by atoms with van der Waals surface area (Å²) in [5, 5.41) is 0. The molecule has 10 heteroatoms. The Hall–Kier alpha value is -1.13. The average molecular weight is 385 g/mol. The van der Waals surface area contributed by atoms with Gasteiger partial charge in [-0.15, -0.1) is 0 Å². The molecule has 0 unspecified atom stereocenters. The van der Waals surface area contributed by atoms with Gasteiger partial charge in [0.25, 0.3) is 0 Å². The van der Waals surface area contributed by atoms with Gasteiger partial charge in [0, 0.05) is 12.6 Å². The molecule has 0 radical (unpaired) electrons. The first-order valence-corrected chi connectivity index (χ1v) is 10.6. The molecule has 136 valence electrons. The molecule has 24 heavy (non-hydrogen) atoms. The molecule has 1 aromatic carbocycles. The second-order valence-corrected chi connectivity index (χ2v) is 10.3. The molecule has 0 aromatic heterocycles. The molecule has 0 aliphatic carbocycles. The Kier molecular flexibility index (Phi) is 5.31. The Morgan fingerprint density at radius 3 is 2.33 bits per heavy atom. The van der Waals surface area contributed by atoms with Crippen LogP contribution in [-0.2, 0) is 19.9 Å². The fourth-order valence-electron chi connectivity index (χ4n) is 2.64. The largest absolute Gasteiger partial charge is 0.246 e. The minimum absolute atomic E-state index is 0.0546. The molecule has 1 saturated heterocycles. The Morgan fingerprint density at radius 2 is 1.83 bits per heavy atom. The summed E-state index contributed by atoms with van der Waals surface area (Å²) in [6.45, 7) is 3.38. The number of nitrogens with zero attached hydrogens (tertiary/aromatic N) is 1. The van der Waals surface area contributed by atoms with Crippen molar-refractivity contribution in [3.63, 3.8) is 0 Å². The highest BCUT2D eigenvalue weighted by atomic mass is 32.2. The molecule has 0 amide bonds. The van der Waals surface area contributed by atoms with E-state index in [4.69, 9.17) is 0 Å². The van der Waals surface area contributed by atoms with Gasteiger partial charge >= 0.3 is 0 Å². The van der Waals surface area contributed by atoms with E-state index < -0.39 is 48.2 Å². The third-order valence-electron chi connectivity index (χ3n) is 3.75. The predicted octanol–water partition coefficient (Wildman–Crippen LogP) is 1.94. The van der Waals surface area contributed by atoms with Crippen LogP contribution < -0.4 is 0 Å². The van der Waals surface area contributed by atoms with Crippen molar-refractivity contribution in [1.29, 1.82) is 0 Å². The average Bonchev–Trinajstić information content (AvgIpc) is 2.81. The van der Waals surface area contributed by atoms with Gasteiger partial charge in [0.2, 0.25) is 10.0 Å². The van der Waals surface area contributed by atoms with E-state index in [0.29, 0.717) is 12.1 Å². The van der Waals surface area contributed by atoms with Crippen molar-refractivity contribution in [2.45, 2.75) is 31.2 Å². The molecule has 1 heterocycles. The van der Waals surface area contributed by atoms with Crippen LogP contribution in [0.1, 0.15) is 20.3 Å². The van der Waals surface area contributed by atoms with Crippen molar-refractivity contribution < 1.29 is 30.0 Å². The van der Waals surface area contributed by atoms with E-state index in [-0.39, 0.29) is 30.4 Å². The van der Waals surface area contributed by atoms with E-state index in [1.807, 2.05) is 0 Å². The van der Waals surface area contributed by atoms with Gasteiger partial charge in [-0.3, -0.25) is 0 Å². The third-order valence-corrected chi connectivity index (χ3v) is 7.43. The lowest BCUT2D eigenvalue weighted by Gasteiger charge is -2.29. The maximum Gasteiger partial charge on any atom is 0.246 e. The van der Waals surface area contributed by atoms with E-state index in [9.17, 15) is 30.0 Å². The smallest absolute Gasteiger partial charge is 0.229 e. The van der Waals surface area contributed by atoms with Crippen molar-refractivity contribution >= 4 is 19.9 Å². The molecule has 1 fully saturated rings. The van der Waals surface area contributed by atoms with Crippen LogP contribution in [0.5, 0.6) is 0 Å². The van der Waals surface area contributed by atoms with Crippen molar-refractivity contribution in [3.8, 4) is 0 Å². The van der Waals surface area contributed by atoms with E-state index in [0.717, 1.165) is 4.31 Å². The monoisotopic (exact) mass is 385 g/mol. The van der Waals surface area contributed by atoms with Crippen LogP contribution in [0.4, 0.5) is 13.2 Å². The van der Waals surface area contributed by atoms with Gasteiger partial charge in [-0.25, -0.2) is 30.0 Å². The van der Waals surface area contributed by atoms with Gasteiger partial charge in [0.1, 0.15) is 4.90 Å². The Morgan fingerprint density at radius 1 is 1.21 bits per heavy atom. The highest BCUT2D eigenvalue weighted by Crippen LogP contribution is 2.28. The fraction of sp³-hybridized carbons (Fsp3) is 0.571. The molecule has 0 saturated carbocycles. The van der Waals surface area contributed by atoms with Gasteiger partial charge < -0.3 is 0 Å². The molecule has 0 spiro atoms. The summed E-state index contributed by atoms with van der Waals surface area (Å²) in [7, 11) is -7.89. The summed E-state index contributed by atoms with van der Waals surface area (Å²) in [4.78, 5) is -0.994. The molecule has 1 aromatic rings. The maximum atomic E-state index is 14.0. The summed E-state index contributed by atoms with van der Waals surface area (Å²) in [6, 6.07) is 0.333. The van der Waals surface area contributed by atoms with Crippen LogP contribution in [-0.4, -0.2) is 45.2 Å². The molecular weight excluding hydrogens is 367 g/mol. The van der Waals surface area contributed by atoms with Gasteiger partial charge in [-0.05, 0) is 24.5 Å². The first-order chi connectivity index (χ1) is 11.0. The molecule has 1 aliphatic rings. The summed E-state index contributed by atoms with van der Waals surface area (Å²) in [5.41, 5.74) is 0. The number of sulfonamides is 1. The second-order valence-electron chi connectivity index (χ2n) is 6.20. The van der Waals surface area contributed by atoms with Crippen LogP contribution in [0.25, 0.3) is 0 Å². The van der Waals surface area contributed by atoms with E-state index in [1.165, 1.54) is 0 Å². The number of halogens is 3. The summed E-state index contributed by atoms with van der Waals surface area (Å²) >= 11 is 0. The van der Waals surface area contributed by atoms with Crippen LogP contribution in [0.3, 0.4) is 0 Å². The summed E-state index contributed by atoms with van der Waals surface area (Å²) in [5.74, 6) is -5.88. The molecule has 1 atom stereocenters. The lowest BCUT2D eigenvalue weighted by Crippen LogP contribution is -2.43. The molecular formula is C14H18F3NO4S2. The van der Waals surface area contributed by atoms with Crippen molar-refractivity contribution in [2.24, 2.45) is 5.92 Å². The van der Waals surface area contributed by atoms with Gasteiger partial charge in [0.15, 0.2) is 27.3 Å². The predicted molar refractivity (Wildman–Crippen MR) is 82.1 cm³/mol. The standard InChI is InChI=1S/C14H18F3NO4S2/c1-9(2)7-18(10-5-6-23(19,20)8-10)24(21,22)12-4-3-11(15)13(16)14(12)17/h3-4,9-10H,5-8H2,1-2H3/t10-/m1/s1. The maximum absolute atomic E-state index is 14.0. The number of sulfone groups is 1. The van der Waals surface area contributed by atoms with Crippen LogP contribution in [0.15, 0.2) is 17.0 Å².